The van der Waals surface area contributed by atoms with Crippen LogP contribution in [0.3, 0.4) is 0 Å². The second-order valence-electron chi connectivity index (χ2n) is 4.03. The molecule has 0 aromatic heterocycles. The molecule has 1 aliphatic rings. The first-order chi connectivity index (χ1) is 5.60. The van der Waals surface area contributed by atoms with Crippen molar-refractivity contribution in [2.75, 3.05) is 6.54 Å². The highest BCUT2D eigenvalue weighted by atomic mass is 16.1. The van der Waals surface area contributed by atoms with Crippen LogP contribution in [-0.4, -0.2) is 12.5 Å². The Balaban J connectivity index is 2.63. The number of carbonyl (C=O) groups is 1. The maximum absolute atomic E-state index is 11.2. The normalized spacial score (nSPS) is 36.3. The standard InChI is InChI=1S/C9H18N2O/c1-7-2-4-9(6-10,5-3-7)8(11)12/h7H,2-6,10H2,1H3,(H2,11,12). The monoisotopic (exact) mass is 170 g/mol. The molecule has 0 aromatic carbocycles. The number of rotatable bonds is 2. The summed E-state index contributed by atoms with van der Waals surface area (Å²) in [6.07, 6.45) is 3.92. The predicted octanol–water partition coefficient (Wildman–Crippen LogP) is 0.627. The Morgan fingerprint density at radius 1 is 1.50 bits per heavy atom. The lowest BCUT2D eigenvalue weighted by atomic mass is 9.70. The summed E-state index contributed by atoms with van der Waals surface area (Å²) in [4.78, 5) is 11.2. The smallest absolute Gasteiger partial charge is 0.224 e. The minimum Gasteiger partial charge on any atom is -0.369 e. The zero-order valence-corrected chi connectivity index (χ0v) is 7.68. The third-order valence-electron chi connectivity index (χ3n) is 3.14. The highest BCUT2D eigenvalue weighted by Crippen LogP contribution is 2.37. The SMILES string of the molecule is CC1CCC(CN)(C(N)=O)CC1. The molecule has 1 fully saturated rings. The Bertz CT molecular complexity index is 171. The van der Waals surface area contributed by atoms with Crippen LogP contribution in [0.1, 0.15) is 32.6 Å². The molecule has 70 valence electrons. The van der Waals surface area contributed by atoms with Crippen LogP contribution in [-0.2, 0) is 4.79 Å². The third kappa shape index (κ3) is 1.61. The van der Waals surface area contributed by atoms with E-state index in [2.05, 4.69) is 6.92 Å². The van der Waals surface area contributed by atoms with Gasteiger partial charge in [-0.1, -0.05) is 6.92 Å². The van der Waals surface area contributed by atoms with Gasteiger partial charge in [-0.05, 0) is 31.6 Å². The Labute approximate surface area is 73.5 Å². The number of hydrogen-bond donors (Lipinski definition) is 2. The molecule has 1 aliphatic carbocycles. The van der Waals surface area contributed by atoms with Crippen molar-refractivity contribution < 1.29 is 4.79 Å². The minimum atomic E-state index is -0.382. The van der Waals surface area contributed by atoms with E-state index in [1.54, 1.807) is 0 Å². The molecule has 1 amide bonds. The summed E-state index contributed by atoms with van der Waals surface area (Å²) in [7, 11) is 0. The number of carbonyl (C=O) groups excluding carboxylic acids is 1. The van der Waals surface area contributed by atoms with Crippen molar-refractivity contribution >= 4 is 5.91 Å². The van der Waals surface area contributed by atoms with E-state index in [0.29, 0.717) is 6.54 Å². The number of primary amides is 1. The lowest BCUT2D eigenvalue weighted by molar-refractivity contribution is -0.129. The second kappa shape index (κ2) is 3.44. The van der Waals surface area contributed by atoms with Crippen LogP contribution >= 0.6 is 0 Å². The molecule has 3 nitrogen and oxygen atoms in total. The molecule has 0 saturated heterocycles. The number of hydrogen-bond acceptors (Lipinski definition) is 2. The fourth-order valence-corrected chi connectivity index (χ4v) is 1.87. The van der Waals surface area contributed by atoms with Crippen LogP contribution in [0.2, 0.25) is 0 Å². The van der Waals surface area contributed by atoms with Gasteiger partial charge in [-0.2, -0.15) is 0 Å². The molecule has 0 unspecified atom stereocenters. The molecule has 1 saturated carbocycles. The Hall–Kier alpha value is -0.570. The van der Waals surface area contributed by atoms with E-state index in [1.807, 2.05) is 0 Å². The summed E-state index contributed by atoms with van der Waals surface area (Å²) in [5.41, 5.74) is 10.5. The van der Waals surface area contributed by atoms with Crippen LogP contribution in [0.5, 0.6) is 0 Å². The molecule has 0 spiro atoms. The van der Waals surface area contributed by atoms with Crippen molar-refractivity contribution in [1.29, 1.82) is 0 Å². The summed E-state index contributed by atoms with van der Waals surface area (Å²) >= 11 is 0. The Kier molecular flexibility index (Phi) is 2.73. The van der Waals surface area contributed by atoms with Gasteiger partial charge in [0.25, 0.3) is 0 Å². The van der Waals surface area contributed by atoms with Crippen molar-refractivity contribution in [2.45, 2.75) is 32.6 Å². The average Bonchev–Trinajstić information content (AvgIpc) is 2.06. The second-order valence-corrected chi connectivity index (χ2v) is 4.03. The van der Waals surface area contributed by atoms with Gasteiger partial charge in [-0.25, -0.2) is 0 Å². The van der Waals surface area contributed by atoms with Crippen molar-refractivity contribution in [3.63, 3.8) is 0 Å². The number of nitrogens with two attached hydrogens (primary N) is 2. The van der Waals surface area contributed by atoms with E-state index in [1.165, 1.54) is 0 Å². The quantitative estimate of drug-likeness (QED) is 0.638. The summed E-state index contributed by atoms with van der Waals surface area (Å²) in [6.45, 7) is 2.62. The van der Waals surface area contributed by atoms with Crippen molar-refractivity contribution in [3.8, 4) is 0 Å². The van der Waals surface area contributed by atoms with Crippen molar-refractivity contribution in [3.05, 3.63) is 0 Å². The molecule has 0 bridgehead atoms. The largest absolute Gasteiger partial charge is 0.369 e. The minimum absolute atomic E-state index is 0.211. The van der Waals surface area contributed by atoms with Gasteiger partial charge in [0.15, 0.2) is 0 Å². The van der Waals surface area contributed by atoms with Gasteiger partial charge >= 0.3 is 0 Å². The summed E-state index contributed by atoms with van der Waals surface area (Å²) in [5.74, 6) is 0.515. The highest BCUT2D eigenvalue weighted by Gasteiger charge is 2.37. The highest BCUT2D eigenvalue weighted by molar-refractivity contribution is 5.81. The molecule has 0 aromatic rings. The van der Waals surface area contributed by atoms with Crippen LogP contribution in [0.15, 0.2) is 0 Å². The molecular formula is C9H18N2O. The van der Waals surface area contributed by atoms with Crippen molar-refractivity contribution in [1.82, 2.24) is 0 Å². The third-order valence-corrected chi connectivity index (χ3v) is 3.14. The first-order valence-corrected chi connectivity index (χ1v) is 4.61. The van der Waals surface area contributed by atoms with Crippen LogP contribution in [0.4, 0.5) is 0 Å². The van der Waals surface area contributed by atoms with Crippen LogP contribution < -0.4 is 11.5 Å². The average molecular weight is 170 g/mol. The van der Waals surface area contributed by atoms with Crippen LogP contribution in [0, 0.1) is 11.3 Å². The maximum atomic E-state index is 11.2. The van der Waals surface area contributed by atoms with Gasteiger partial charge in [-0.3, -0.25) is 4.79 Å². The van der Waals surface area contributed by atoms with E-state index in [-0.39, 0.29) is 11.3 Å². The molecule has 0 atom stereocenters. The Morgan fingerprint density at radius 2 is 2.00 bits per heavy atom. The Morgan fingerprint density at radius 3 is 2.33 bits per heavy atom. The first-order valence-electron chi connectivity index (χ1n) is 4.61. The summed E-state index contributed by atoms with van der Waals surface area (Å²) in [5, 5.41) is 0. The molecule has 0 aliphatic heterocycles. The summed E-state index contributed by atoms with van der Waals surface area (Å²) < 4.78 is 0. The number of amides is 1. The molecule has 0 heterocycles. The van der Waals surface area contributed by atoms with Gasteiger partial charge in [-0.15, -0.1) is 0 Å². The van der Waals surface area contributed by atoms with Gasteiger partial charge < -0.3 is 11.5 Å². The van der Waals surface area contributed by atoms with E-state index < -0.39 is 0 Å². The van der Waals surface area contributed by atoms with Gasteiger partial charge in [0.05, 0.1) is 5.41 Å². The maximum Gasteiger partial charge on any atom is 0.224 e. The lowest BCUT2D eigenvalue weighted by Crippen LogP contribution is -2.45. The molecule has 3 heteroatoms. The molecule has 1 rings (SSSR count). The zero-order chi connectivity index (χ0) is 9.19. The van der Waals surface area contributed by atoms with Gasteiger partial charge in [0, 0.05) is 6.54 Å². The summed E-state index contributed by atoms with van der Waals surface area (Å²) in [6, 6.07) is 0. The van der Waals surface area contributed by atoms with Gasteiger partial charge in [0.1, 0.15) is 0 Å². The van der Waals surface area contributed by atoms with Gasteiger partial charge in [0.2, 0.25) is 5.91 Å². The molecule has 12 heavy (non-hydrogen) atoms. The fourth-order valence-electron chi connectivity index (χ4n) is 1.87. The zero-order valence-electron chi connectivity index (χ0n) is 7.68. The predicted molar refractivity (Wildman–Crippen MR) is 48.3 cm³/mol. The first kappa shape index (κ1) is 9.52. The van der Waals surface area contributed by atoms with Crippen LogP contribution in [0.25, 0.3) is 0 Å². The van der Waals surface area contributed by atoms with E-state index in [0.717, 1.165) is 31.6 Å². The lowest BCUT2D eigenvalue weighted by Gasteiger charge is -2.35. The van der Waals surface area contributed by atoms with Crippen molar-refractivity contribution in [2.24, 2.45) is 22.8 Å². The molecule has 4 N–H and O–H groups in total. The topological polar surface area (TPSA) is 69.1 Å². The van der Waals surface area contributed by atoms with E-state index >= 15 is 0 Å². The van der Waals surface area contributed by atoms with E-state index in [4.69, 9.17) is 11.5 Å². The molecular weight excluding hydrogens is 152 g/mol. The fraction of sp³-hybridized carbons (Fsp3) is 0.889. The van der Waals surface area contributed by atoms with E-state index in [9.17, 15) is 4.79 Å². The molecule has 0 radical (unpaired) electrons.